The minimum atomic E-state index is -4.51. The van der Waals surface area contributed by atoms with Crippen molar-refractivity contribution >= 4 is 11.8 Å². The van der Waals surface area contributed by atoms with Crippen LogP contribution in [0.25, 0.3) is 0 Å². The number of fused-ring (bicyclic) bond motifs is 1. The molecule has 2 atom stereocenters. The summed E-state index contributed by atoms with van der Waals surface area (Å²) in [5.74, 6) is -1.12. The Kier molecular flexibility index (Phi) is 5.70. The van der Waals surface area contributed by atoms with E-state index >= 15 is 0 Å². The van der Waals surface area contributed by atoms with Crippen LogP contribution in [-0.2, 0) is 6.18 Å². The fraction of sp³-hybridized carbons (Fsp3) is 0.364. The fourth-order valence-electron chi connectivity index (χ4n) is 4.21. The molecule has 2 amide bonds. The van der Waals surface area contributed by atoms with Gasteiger partial charge >= 0.3 is 6.18 Å². The predicted molar refractivity (Wildman–Crippen MR) is 105 cm³/mol. The quantitative estimate of drug-likeness (QED) is 0.754. The van der Waals surface area contributed by atoms with Gasteiger partial charge in [0, 0.05) is 49.4 Å². The molecule has 0 saturated carbocycles. The van der Waals surface area contributed by atoms with Crippen LogP contribution in [-0.4, -0.2) is 59.9 Å². The van der Waals surface area contributed by atoms with E-state index in [4.69, 9.17) is 0 Å². The van der Waals surface area contributed by atoms with Crippen LogP contribution in [0.2, 0.25) is 0 Å². The average Bonchev–Trinajstić information content (AvgIpc) is 3.14. The van der Waals surface area contributed by atoms with Gasteiger partial charge in [0.05, 0.1) is 5.56 Å². The number of carbonyl (C=O) groups excluding carboxylic acids is 2. The van der Waals surface area contributed by atoms with Gasteiger partial charge in [0.25, 0.3) is 11.8 Å². The summed E-state index contributed by atoms with van der Waals surface area (Å²) >= 11 is 0. The largest absolute Gasteiger partial charge is 0.416 e. The van der Waals surface area contributed by atoms with Gasteiger partial charge in [-0.25, -0.2) is 4.39 Å². The monoisotopic (exact) mass is 435 g/mol. The lowest BCUT2D eigenvalue weighted by Gasteiger charge is -2.37. The molecule has 5 nitrogen and oxygen atoms in total. The minimum Gasteiger partial charge on any atom is -0.348 e. The molecule has 0 aromatic heterocycles. The summed E-state index contributed by atoms with van der Waals surface area (Å²) in [4.78, 5) is 29.0. The Hall–Kier alpha value is -2.94. The van der Waals surface area contributed by atoms with Crippen molar-refractivity contribution < 1.29 is 27.2 Å². The average molecular weight is 435 g/mol. The first-order chi connectivity index (χ1) is 14.7. The SMILES string of the molecule is O=C(N[C@H]1C[C@H]2CN(C(=O)c3ccc(F)cc3)CCN2C1)c1cccc(C(F)(F)F)c1. The van der Waals surface area contributed by atoms with Crippen LogP contribution >= 0.6 is 0 Å². The molecule has 164 valence electrons. The zero-order chi connectivity index (χ0) is 22.2. The van der Waals surface area contributed by atoms with Crippen molar-refractivity contribution in [2.24, 2.45) is 0 Å². The van der Waals surface area contributed by atoms with Crippen LogP contribution in [0.5, 0.6) is 0 Å². The second kappa shape index (κ2) is 8.30. The Balaban J connectivity index is 1.36. The zero-order valence-electron chi connectivity index (χ0n) is 16.5. The summed E-state index contributed by atoms with van der Waals surface area (Å²) in [5.41, 5.74) is -0.478. The van der Waals surface area contributed by atoms with Crippen molar-refractivity contribution in [2.45, 2.75) is 24.7 Å². The van der Waals surface area contributed by atoms with E-state index in [1.54, 1.807) is 4.90 Å². The number of hydrogen-bond donors (Lipinski definition) is 1. The van der Waals surface area contributed by atoms with Crippen LogP contribution in [0, 0.1) is 5.82 Å². The number of piperazine rings is 1. The molecular formula is C22H21F4N3O2. The second-order valence-electron chi connectivity index (χ2n) is 7.89. The fourth-order valence-corrected chi connectivity index (χ4v) is 4.21. The number of carbonyl (C=O) groups is 2. The molecule has 2 aliphatic rings. The van der Waals surface area contributed by atoms with Crippen LogP contribution in [0.1, 0.15) is 32.7 Å². The van der Waals surface area contributed by atoms with Crippen molar-refractivity contribution in [1.82, 2.24) is 15.1 Å². The second-order valence-corrected chi connectivity index (χ2v) is 7.89. The maximum Gasteiger partial charge on any atom is 0.416 e. The first-order valence-electron chi connectivity index (χ1n) is 9.98. The van der Waals surface area contributed by atoms with Gasteiger partial charge < -0.3 is 10.2 Å². The van der Waals surface area contributed by atoms with E-state index in [0.717, 1.165) is 12.1 Å². The zero-order valence-corrected chi connectivity index (χ0v) is 16.5. The lowest BCUT2D eigenvalue weighted by molar-refractivity contribution is -0.137. The lowest BCUT2D eigenvalue weighted by atomic mass is 10.1. The van der Waals surface area contributed by atoms with Crippen LogP contribution < -0.4 is 5.32 Å². The molecule has 4 rings (SSSR count). The van der Waals surface area contributed by atoms with Gasteiger partial charge in [-0.1, -0.05) is 6.07 Å². The number of benzene rings is 2. The number of alkyl halides is 3. The highest BCUT2D eigenvalue weighted by Crippen LogP contribution is 2.30. The van der Waals surface area contributed by atoms with Gasteiger partial charge in [-0.15, -0.1) is 0 Å². The van der Waals surface area contributed by atoms with Crippen molar-refractivity contribution in [1.29, 1.82) is 0 Å². The van der Waals surface area contributed by atoms with Crippen LogP contribution in [0.3, 0.4) is 0 Å². The molecule has 31 heavy (non-hydrogen) atoms. The number of rotatable bonds is 3. The lowest BCUT2D eigenvalue weighted by Crippen LogP contribution is -2.52. The summed E-state index contributed by atoms with van der Waals surface area (Å²) in [5, 5.41) is 2.82. The molecule has 2 aromatic rings. The molecule has 2 saturated heterocycles. The highest BCUT2D eigenvalue weighted by atomic mass is 19.4. The van der Waals surface area contributed by atoms with Gasteiger partial charge in [0.15, 0.2) is 0 Å². The van der Waals surface area contributed by atoms with Gasteiger partial charge in [0.2, 0.25) is 0 Å². The third-order valence-corrected chi connectivity index (χ3v) is 5.78. The normalized spacial score (nSPS) is 21.6. The molecule has 0 bridgehead atoms. The first-order valence-corrected chi connectivity index (χ1v) is 9.98. The smallest absolute Gasteiger partial charge is 0.348 e. The number of halogens is 4. The summed E-state index contributed by atoms with van der Waals surface area (Å²) in [7, 11) is 0. The molecule has 2 heterocycles. The number of amides is 2. The topological polar surface area (TPSA) is 52.7 Å². The summed E-state index contributed by atoms with van der Waals surface area (Å²) in [6.45, 7) is 2.20. The van der Waals surface area contributed by atoms with Gasteiger partial charge in [-0.3, -0.25) is 14.5 Å². The third-order valence-electron chi connectivity index (χ3n) is 5.78. The Morgan fingerprint density at radius 2 is 1.71 bits per heavy atom. The van der Waals surface area contributed by atoms with E-state index in [1.807, 2.05) is 0 Å². The molecule has 0 aliphatic carbocycles. The molecular weight excluding hydrogens is 414 g/mol. The van der Waals surface area contributed by atoms with Gasteiger partial charge in [-0.2, -0.15) is 13.2 Å². The molecule has 0 radical (unpaired) electrons. The predicted octanol–water partition coefficient (Wildman–Crippen LogP) is 3.17. The van der Waals surface area contributed by atoms with Crippen LogP contribution in [0.15, 0.2) is 48.5 Å². The Bertz CT molecular complexity index is 977. The van der Waals surface area contributed by atoms with Crippen molar-refractivity contribution in [3.05, 3.63) is 71.0 Å². The van der Waals surface area contributed by atoms with E-state index in [1.165, 1.54) is 36.4 Å². The number of nitrogens with one attached hydrogen (secondary N) is 1. The molecule has 2 aromatic carbocycles. The number of hydrogen-bond acceptors (Lipinski definition) is 3. The van der Waals surface area contributed by atoms with E-state index in [9.17, 15) is 27.2 Å². The maximum atomic E-state index is 13.1. The van der Waals surface area contributed by atoms with Crippen LogP contribution in [0.4, 0.5) is 17.6 Å². The van der Waals surface area contributed by atoms with Crippen molar-refractivity contribution in [3.8, 4) is 0 Å². The van der Waals surface area contributed by atoms with Crippen molar-refractivity contribution in [3.63, 3.8) is 0 Å². The summed E-state index contributed by atoms with van der Waals surface area (Å²) in [6.07, 6.45) is -3.91. The Labute approximate surface area is 176 Å². The highest BCUT2D eigenvalue weighted by molar-refractivity contribution is 5.95. The first kappa shape index (κ1) is 21.3. The molecule has 2 aliphatic heterocycles. The summed E-state index contributed by atoms with van der Waals surface area (Å²) < 4.78 is 51.8. The number of nitrogens with zero attached hydrogens (tertiary/aromatic N) is 2. The standard InChI is InChI=1S/C22H21F4N3O2/c23-17-6-4-14(5-7-17)21(31)29-9-8-28-12-18(11-19(28)13-29)27-20(30)15-2-1-3-16(10-15)22(24,25)26/h1-7,10,18-19H,8-9,11-13H2,(H,27,30)/t18-,19-/m0/s1. The third kappa shape index (κ3) is 4.71. The molecule has 1 N–H and O–H groups in total. The van der Waals surface area contributed by atoms with Crippen molar-refractivity contribution in [2.75, 3.05) is 26.2 Å². The van der Waals surface area contributed by atoms with E-state index < -0.39 is 23.5 Å². The highest BCUT2D eigenvalue weighted by Gasteiger charge is 2.38. The molecule has 0 unspecified atom stereocenters. The molecule has 9 heteroatoms. The van der Waals surface area contributed by atoms with E-state index in [-0.39, 0.29) is 23.6 Å². The summed E-state index contributed by atoms with van der Waals surface area (Å²) in [6, 6.07) is 9.59. The van der Waals surface area contributed by atoms with Gasteiger partial charge in [0.1, 0.15) is 5.82 Å². The maximum absolute atomic E-state index is 13.1. The van der Waals surface area contributed by atoms with E-state index in [0.29, 0.717) is 38.2 Å². The Morgan fingerprint density at radius 1 is 0.968 bits per heavy atom. The minimum absolute atomic E-state index is 0.0344. The van der Waals surface area contributed by atoms with E-state index in [2.05, 4.69) is 10.2 Å². The Morgan fingerprint density at radius 3 is 2.42 bits per heavy atom. The molecule has 0 spiro atoms. The van der Waals surface area contributed by atoms with Gasteiger partial charge in [-0.05, 0) is 48.9 Å². The molecule has 2 fully saturated rings.